The van der Waals surface area contributed by atoms with Gasteiger partial charge in [-0.3, -0.25) is 14.4 Å². The molecule has 5 N–H and O–H groups in total. The zero-order chi connectivity index (χ0) is 17.4. The first kappa shape index (κ1) is 20.9. The summed E-state index contributed by atoms with van der Waals surface area (Å²) in [5, 5.41) is 8.25. The fourth-order valence-electron chi connectivity index (χ4n) is 2.23. The molecule has 0 saturated heterocycles. The number of para-hydroxylation sites is 1. The molecule has 8 heteroatoms. The van der Waals surface area contributed by atoms with Crippen molar-refractivity contribution in [3.05, 3.63) is 29.8 Å². The van der Waals surface area contributed by atoms with Crippen LogP contribution in [0.1, 0.15) is 36.0 Å². The molecule has 0 aromatic heterocycles. The van der Waals surface area contributed by atoms with Crippen LogP contribution in [-0.4, -0.2) is 37.4 Å². The topological polar surface area (TPSA) is 113 Å². The Bertz CT molecular complexity index is 605. The van der Waals surface area contributed by atoms with E-state index in [1.165, 1.54) is 0 Å². The van der Waals surface area contributed by atoms with E-state index in [2.05, 4.69) is 16.0 Å². The van der Waals surface area contributed by atoms with Crippen molar-refractivity contribution in [1.29, 1.82) is 0 Å². The van der Waals surface area contributed by atoms with E-state index >= 15 is 0 Å². The Morgan fingerprint density at radius 2 is 1.80 bits per heavy atom. The third-order valence-electron chi connectivity index (χ3n) is 3.70. The molecule has 1 aromatic carbocycles. The van der Waals surface area contributed by atoms with E-state index in [4.69, 9.17) is 5.73 Å². The second-order valence-electron chi connectivity index (χ2n) is 5.81. The van der Waals surface area contributed by atoms with E-state index in [0.29, 0.717) is 37.3 Å². The Balaban J connectivity index is 0.00000312. The van der Waals surface area contributed by atoms with Crippen LogP contribution in [0.3, 0.4) is 0 Å². The number of carbonyl (C=O) groups is 3. The molecule has 0 unspecified atom stereocenters. The number of amides is 3. The normalized spacial score (nSPS) is 12.7. The molecule has 0 spiro atoms. The summed E-state index contributed by atoms with van der Waals surface area (Å²) < 4.78 is 0. The Kier molecular flexibility index (Phi) is 8.94. The molecule has 1 aliphatic rings. The van der Waals surface area contributed by atoms with Crippen LogP contribution in [0.15, 0.2) is 24.3 Å². The number of nitrogens with one attached hydrogen (secondary N) is 3. The van der Waals surface area contributed by atoms with E-state index in [-0.39, 0.29) is 42.5 Å². The molecule has 138 valence electrons. The van der Waals surface area contributed by atoms with Gasteiger partial charge in [0.05, 0.1) is 11.3 Å². The number of halogens is 1. The van der Waals surface area contributed by atoms with Crippen molar-refractivity contribution in [1.82, 2.24) is 10.6 Å². The fourth-order valence-corrected chi connectivity index (χ4v) is 2.23. The summed E-state index contributed by atoms with van der Waals surface area (Å²) >= 11 is 0. The monoisotopic (exact) mass is 368 g/mol. The van der Waals surface area contributed by atoms with Crippen LogP contribution in [0, 0.1) is 5.92 Å². The van der Waals surface area contributed by atoms with Crippen LogP contribution < -0.4 is 21.7 Å². The molecule has 1 saturated carbocycles. The highest BCUT2D eigenvalue weighted by atomic mass is 35.5. The number of benzene rings is 1. The van der Waals surface area contributed by atoms with Crippen molar-refractivity contribution in [3.8, 4) is 0 Å². The summed E-state index contributed by atoms with van der Waals surface area (Å²) in [5.74, 6) is -0.196. The predicted molar refractivity (Wildman–Crippen MR) is 98.7 cm³/mol. The largest absolute Gasteiger partial charge is 0.356 e. The van der Waals surface area contributed by atoms with Gasteiger partial charge in [0, 0.05) is 32.0 Å². The molecule has 2 rings (SSSR count). The van der Waals surface area contributed by atoms with Gasteiger partial charge in [0.2, 0.25) is 11.8 Å². The van der Waals surface area contributed by atoms with E-state index in [0.717, 1.165) is 12.8 Å². The maximum absolute atomic E-state index is 12.0. The van der Waals surface area contributed by atoms with Gasteiger partial charge in [-0.1, -0.05) is 12.1 Å². The lowest BCUT2D eigenvalue weighted by atomic mass is 10.1. The van der Waals surface area contributed by atoms with Crippen molar-refractivity contribution in [3.63, 3.8) is 0 Å². The molecule has 7 nitrogen and oxygen atoms in total. The van der Waals surface area contributed by atoms with Crippen molar-refractivity contribution in [2.75, 3.05) is 25.0 Å². The maximum atomic E-state index is 12.0. The molecule has 25 heavy (non-hydrogen) atoms. The number of hydrogen-bond acceptors (Lipinski definition) is 4. The summed E-state index contributed by atoms with van der Waals surface area (Å²) in [7, 11) is 0. The fraction of sp³-hybridized carbons (Fsp3) is 0.471. The predicted octanol–water partition coefficient (Wildman–Crippen LogP) is 1.04. The summed E-state index contributed by atoms with van der Waals surface area (Å²) in [4.78, 5) is 35.5. The van der Waals surface area contributed by atoms with E-state index in [9.17, 15) is 14.4 Å². The molecule has 0 heterocycles. The molecule has 0 atom stereocenters. The van der Waals surface area contributed by atoms with Crippen LogP contribution in [0.25, 0.3) is 0 Å². The zero-order valence-corrected chi connectivity index (χ0v) is 14.9. The molecule has 1 aliphatic carbocycles. The summed E-state index contributed by atoms with van der Waals surface area (Å²) in [5.41, 5.74) is 6.25. The van der Waals surface area contributed by atoms with Gasteiger partial charge in [-0.25, -0.2) is 0 Å². The number of nitrogens with two attached hydrogens (primary N) is 1. The van der Waals surface area contributed by atoms with Crippen molar-refractivity contribution >= 4 is 35.8 Å². The van der Waals surface area contributed by atoms with Crippen LogP contribution in [0.4, 0.5) is 5.69 Å². The Morgan fingerprint density at radius 3 is 2.48 bits per heavy atom. The summed E-state index contributed by atoms with van der Waals surface area (Å²) in [6, 6.07) is 6.83. The Morgan fingerprint density at radius 1 is 1.08 bits per heavy atom. The molecule has 0 bridgehead atoms. The molecular weight excluding hydrogens is 344 g/mol. The second kappa shape index (κ2) is 10.7. The molecular formula is C17H25ClN4O3. The highest BCUT2D eigenvalue weighted by Gasteiger charge is 2.28. The van der Waals surface area contributed by atoms with E-state index in [1.54, 1.807) is 24.3 Å². The van der Waals surface area contributed by atoms with E-state index < -0.39 is 0 Å². The molecule has 0 aliphatic heterocycles. The lowest BCUT2D eigenvalue weighted by Crippen LogP contribution is -2.30. The number of rotatable bonds is 9. The first-order valence-corrected chi connectivity index (χ1v) is 8.26. The highest BCUT2D eigenvalue weighted by Crippen LogP contribution is 2.28. The molecule has 1 fully saturated rings. The minimum Gasteiger partial charge on any atom is -0.356 e. The summed E-state index contributed by atoms with van der Waals surface area (Å²) in [6.07, 6.45) is 2.78. The van der Waals surface area contributed by atoms with Gasteiger partial charge < -0.3 is 21.7 Å². The van der Waals surface area contributed by atoms with Crippen LogP contribution in [-0.2, 0) is 9.59 Å². The standard InChI is InChI=1S/C17H24N4O3.ClH/c18-9-11-20-17(24)13-4-1-2-5-14(13)21-15(22)6-3-10-19-16(23)12-7-8-12;/h1-2,4-5,12H,3,6-11,18H2,(H,19,23)(H,20,24)(H,21,22);1H. The average Bonchev–Trinajstić information content (AvgIpc) is 3.42. The summed E-state index contributed by atoms with van der Waals surface area (Å²) in [6.45, 7) is 1.22. The first-order valence-electron chi connectivity index (χ1n) is 8.26. The van der Waals surface area contributed by atoms with Crippen LogP contribution in [0.5, 0.6) is 0 Å². The molecule has 3 amide bonds. The Hall–Kier alpha value is -2.12. The van der Waals surface area contributed by atoms with Crippen molar-refractivity contribution < 1.29 is 14.4 Å². The average molecular weight is 369 g/mol. The lowest BCUT2D eigenvalue weighted by molar-refractivity contribution is -0.122. The van der Waals surface area contributed by atoms with Crippen molar-refractivity contribution in [2.45, 2.75) is 25.7 Å². The maximum Gasteiger partial charge on any atom is 0.253 e. The smallest absolute Gasteiger partial charge is 0.253 e. The number of anilines is 1. The first-order chi connectivity index (χ1) is 11.6. The van der Waals surface area contributed by atoms with Gasteiger partial charge in [0.1, 0.15) is 0 Å². The third-order valence-corrected chi connectivity index (χ3v) is 3.70. The van der Waals surface area contributed by atoms with Gasteiger partial charge in [-0.2, -0.15) is 0 Å². The molecule has 1 aromatic rings. The van der Waals surface area contributed by atoms with Crippen molar-refractivity contribution in [2.24, 2.45) is 11.7 Å². The highest BCUT2D eigenvalue weighted by molar-refractivity contribution is 6.03. The lowest BCUT2D eigenvalue weighted by Gasteiger charge is -2.11. The minimum atomic E-state index is -0.270. The number of hydrogen-bond donors (Lipinski definition) is 4. The SMILES string of the molecule is Cl.NCCNC(=O)c1ccccc1NC(=O)CCCNC(=O)C1CC1. The Labute approximate surface area is 153 Å². The van der Waals surface area contributed by atoms with Crippen LogP contribution in [0.2, 0.25) is 0 Å². The van der Waals surface area contributed by atoms with E-state index in [1.807, 2.05) is 0 Å². The second-order valence-corrected chi connectivity index (χ2v) is 5.81. The quantitative estimate of drug-likeness (QED) is 0.488. The van der Waals surface area contributed by atoms with Gasteiger partial charge in [0.25, 0.3) is 5.91 Å². The van der Waals surface area contributed by atoms with Crippen LogP contribution >= 0.6 is 12.4 Å². The van der Waals surface area contributed by atoms with Gasteiger partial charge in [-0.15, -0.1) is 12.4 Å². The molecule has 0 radical (unpaired) electrons. The third kappa shape index (κ3) is 7.11. The minimum absolute atomic E-state index is 0. The van der Waals surface area contributed by atoms with Gasteiger partial charge in [0.15, 0.2) is 0 Å². The zero-order valence-electron chi connectivity index (χ0n) is 14.0. The van der Waals surface area contributed by atoms with Gasteiger partial charge >= 0.3 is 0 Å². The number of carbonyl (C=O) groups excluding carboxylic acids is 3. The van der Waals surface area contributed by atoms with Gasteiger partial charge in [-0.05, 0) is 31.4 Å².